The van der Waals surface area contributed by atoms with Crippen molar-refractivity contribution in [3.8, 4) is 0 Å². The van der Waals surface area contributed by atoms with Gasteiger partial charge in [0.2, 0.25) is 0 Å². The first-order chi connectivity index (χ1) is 8.00. The molecule has 2 unspecified atom stereocenters. The molecule has 2 N–H and O–H groups in total. The summed E-state index contributed by atoms with van der Waals surface area (Å²) in [5.41, 5.74) is 0.338. The Morgan fingerprint density at radius 2 is 2.24 bits per heavy atom. The number of aryl methyl sites for hydroxylation is 1. The highest BCUT2D eigenvalue weighted by Gasteiger charge is 2.39. The van der Waals surface area contributed by atoms with Crippen LogP contribution in [-0.2, 0) is 4.79 Å². The van der Waals surface area contributed by atoms with Crippen molar-refractivity contribution in [2.75, 3.05) is 6.54 Å². The number of β-amino-alcohol motifs (C(OH)–C–C–N with tert-alkyl or cyclic N) is 1. The molecule has 0 bridgehead atoms. The predicted molar refractivity (Wildman–Crippen MR) is 56.5 cm³/mol. The van der Waals surface area contributed by atoms with Gasteiger partial charge in [0.25, 0.3) is 5.91 Å². The van der Waals surface area contributed by atoms with E-state index in [0.717, 1.165) is 0 Å². The van der Waals surface area contributed by atoms with Crippen molar-refractivity contribution < 1.29 is 24.2 Å². The summed E-state index contributed by atoms with van der Waals surface area (Å²) in [5.74, 6) is -1.07. The number of furan rings is 1. The Balaban J connectivity index is 2.25. The largest absolute Gasteiger partial charge is 0.480 e. The Kier molecular flexibility index (Phi) is 2.89. The molecule has 0 radical (unpaired) electrons. The molecule has 1 aromatic heterocycles. The number of aliphatic carboxylic acids is 1. The summed E-state index contributed by atoms with van der Waals surface area (Å²) in [7, 11) is 0. The van der Waals surface area contributed by atoms with Crippen molar-refractivity contribution in [2.24, 2.45) is 0 Å². The standard InChI is InChI=1S/C11H13NO5/c1-6-8(2-3-17-6)10(14)12-5-7(13)4-9(12)11(15)16/h2-3,7,9,13H,4-5H2,1H3,(H,15,16). The first-order valence-corrected chi connectivity index (χ1v) is 5.26. The molecular weight excluding hydrogens is 226 g/mol. The second-order valence-corrected chi connectivity index (χ2v) is 4.09. The van der Waals surface area contributed by atoms with Crippen LogP contribution in [0.15, 0.2) is 16.7 Å². The minimum Gasteiger partial charge on any atom is -0.480 e. The quantitative estimate of drug-likeness (QED) is 0.771. The van der Waals surface area contributed by atoms with Crippen LogP contribution in [0.2, 0.25) is 0 Å². The van der Waals surface area contributed by atoms with Crippen LogP contribution in [-0.4, -0.2) is 45.7 Å². The smallest absolute Gasteiger partial charge is 0.326 e. The maximum absolute atomic E-state index is 12.1. The summed E-state index contributed by atoms with van der Waals surface area (Å²) in [5, 5.41) is 18.4. The molecule has 92 valence electrons. The summed E-state index contributed by atoms with van der Waals surface area (Å²) < 4.78 is 5.01. The monoisotopic (exact) mass is 239 g/mol. The van der Waals surface area contributed by atoms with Gasteiger partial charge in [-0.05, 0) is 13.0 Å². The van der Waals surface area contributed by atoms with Gasteiger partial charge in [-0.25, -0.2) is 4.79 Å². The lowest BCUT2D eigenvalue weighted by atomic mass is 10.2. The summed E-state index contributed by atoms with van der Waals surface area (Å²) in [4.78, 5) is 24.2. The van der Waals surface area contributed by atoms with Crippen molar-refractivity contribution in [3.05, 3.63) is 23.7 Å². The van der Waals surface area contributed by atoms with E-state index in [1.165, 1.54) is 17.2 Å². The van der Waals surface area contributed by atoms with E-state index >= 15 is 0 Å². The molecule has 1 aromatic rings. The molecule has 1 fully saturated rings. The molecule has 1 aliphatic rings. The molecule has 2 rings (SSSR count). The van der Waals surface area contributed by atoms with Gasteiger partial charge >= 0.3 is 5.97 Å². The van der Waals surface area contributed by atoms with E-state index in [4.69, 9.17) is 9.52 Å². The van der Waals surface area contributed by atoms with E-state index in [1.807, 2.05) is 0 Å². The Morgan fingerprint density at radius 3 is 2.76 bits per heavy atom. The minimum absolute atomic E-state index is 0.0421. The highest BCUT2D eigenvalue weighted by atomic mass is 16.4. The van der Waals surface area contributed by atoms with Gasteiger partial charge in [0.15, 0.2) is 0 Å². The Hall–Kier alpha value is -1.82. The van der Waals surface area contributed by atoms with Gasteiger partial charge in [0, 0.05) is 13.0 Å². The fourth-order valence-corrected chi connectivity index (χ4v) is 2.03. The zero-order valence-corrected chi connectivity index (χ0v) is 9.29. The first kappa shape index (κ1) is 11.7. The second-order valence-electron chi connectivity index (χ2n) is 4.09. The minimum atomic E-state index is -1.10. The van der Waals surface area contributed by atoms with E-state index in [1.54, 1.807) is 6.92 Å². The van der Waals surface area contributed by atoms with Crippen molar-refractivity contribution in [1.82, 2.24) is 4.90 Å². The van der Waals surface area contributed by atoms with Crippen LogP contribution in [0.3, 0.4) is 0 Å². The van der Waals surface area contributed by atoms with E-state index in [9.17, 15) is 14.7 Å². The number of carbonyl (C=O) groups excluding carboxylic acids is 1. The van der Waals surface area contributed by atoms with Gasteiger partial charge < -0.3 is 19.5 Å². The number of hydrogen-bond acceptors (Lipinski definition) is 4. The average molecular weight is 239 g/mol. The molecule has 1 amide bonds. The molecule has 1 saturated heterocycles. The Labute approximate surface area is 97.4 Å². The summed E-state index contributed by atoms with van der Waals surface area (Å²) in [6.07, 6.45) is 0.662. The predicted octanol–water partition coefficient (Wildman–Crippen LogP) is 0.248. The van der Waals surface area contributed by atoms with Gasteiger partial charge in [-0.3, -0.25) is 4.79 Å². The topological polar surface area (TPSA) is 91.0 Å². The molecule has 17 heavy (non-hydrogen) atoms. The molecule has 2 heterocycles. The number of rotatable bonds is 2. The van der Waals surface area contributed by atoms with Crippen LogP contribution >= 0.6 is 0 Å². The molecule has 0 spiro atoms. The van der Waals surface area contributed by atoms with Gasteiger partial charge in [0.05, 0.1) is 17.9 Å². The van der Waals surface area contributed by atoms with E-state index in [-0.39, 0.29) is 13.0 Å². The average Bonchev–Trinajstić information content (AvgIpc) is 2.83. The van der Waals surface area contributed by atoms with E-state index < -0.39 is 24.0 Å². The number of aliphatic hydroxyl groups excluding tert-OH is 1. The number of hydrogen-bond donors (Lipinski definition) is 2. The molecule has 0 aliphatic carbocycles. The Bertz CT molecular complexity index is 452. The van der Waals surface area contributed by atoms with Gasteiger partial charge in [0.1, 0.15) is 11.8 Å². The maximum atomic E-state index is 12.1. The van der Waals surface area contributed by atoms with Crippen LogP contribution in [0.4, 0.5) is 0 Å². The van der Waals surface area contributed by atoms with E-state index in [2.05, 4.69) is 0 Å². The highest BCUT2D eigenvalue weighted by Crippen LogP contribution is 2.22. The number of carboxylic acids is 1. The number of nitrogens with zero attached hydrogens (tertiary/aromatic N) is 1. The lowest BCUT2D eigenvalue weighted by Crippen LogP contribution is -2.40. The van der Waals surface area contributed by atoms with Crippen molar-refractivity contribution >= 4 is 11.9 Å². The second kappa shape index (κ2) is 4.21. The van der Waals surface area contributed by atoms with Gasteiger partial charge in [-0.1, -0.05) is 0 Å². The van der Waals surface area contributed by atoms with Gasteiger partial charge in [-0.15, -0.1) is 0 Å². The number of amides is 1. The zero-order chi connectivity index (χ0) is 12.6. The maximum Gasteiger partial charge on any atom is 0.326 e. The third-order valence-corrected chi connectivity index (χ3v) is 2.91. The zero-order valence-electron chi connectivity index (χ0n) is 9.29. The van der Waals surface area contributed by atoms with Crippen LogP contribution in [0.5, 0.6) is 0 Å². The fraction of sp³-hybridized carbons (Fsp3) is 0.455. The first-order valence-electron chi connectivity index (χ1n) is 5.26. The SMILES string of the molecule is Cc1occc1C(=O)N1CC(O)CC1C(=O)O. The van der Waals surface area contributed by atoms with E-state index in [0.29, 0.717) is 11.3 Å². The normalized spacial score (nSPS) is 24.0. The molecule has 0 aromatic carbocycles. The van der Waals surface area contributed by atoms with Crippen molar-refractivity contribution in [1.29, 1.82) is 0 Å². The third kappa shape index (κ3) is 2.03. The number of aliphatic hydroxyl groups is 1. The van der Waals surface area contributed by atoms with Crippen LogP contribution in [0.1, 0.15) is 22.5 Å². The Morgan fingerprint density at radius 1 is 1.53 bits per heavy atom. The fourth-order valence-electron chi connectivity index (χ4n) is 2.03. The third-order valence-electron chi connectivity index (χ3n) is 2.91. The molecule has 1 aliphatic heterocycles. The highest BCUT2D eigenvalue weighted by molar-refractivity contribution is 5.97. The van der Waals surface area contributed by atoms with Crippen molar-refractivity contribution in [2.45, 2.75) is 25.5 Å². The number of carbonyl (C=O) groups is 2. The molecule has 0 saturated carbocycles. The number of likely N-dealkylation sites (tertiary alicyclic amines) is 1. The summed E-state index contributed by atoms with van der Waals surface area (Å²) in [6.45, 7) is 1.68. The number of carboxylic acid groups (broad SMARTS) is 1. The van der Waals surface area contributed by atoms with Gasteiger partial charge in [-0.2, -0.15) is 0 Å². The van der Waals surface area contributed by atoms with Crippen molar-refractivity contribution in [3.63, 3.8) is 0 Å². The molecule has 2 atom stereocenters. The van der Waals surface area contributed by atoms with Crippen LogP contribution in [0.25, 0.3) is 0 Å². The van der Waals surface area contributed by atoms with Crippen LogP contribution < -0.4 is 0 Å². The summed E-state index contributed by atoms with van der Waals surface area (Å²) >= 11 is 0. The lowest BCUT2D eigenvalue weighted by Gasteiger charge is -2.20. The lowest BCUT2D eigenvalue weighted by molar-refractivity contribution is -0.141. The summed E-state index contributed by atoms with van der Waals surface area (Å²) in [6, 6.07) is 0.535. The molecule has 6 nitrogen and oxygen atoms in total. The van der Waals surface area contributed by atoms with Crippen LogP contribution in [0, 0.1) is 6.92 Å². The molecule has 6 heteroatoms. The molecular formula is C11H13NO5.